The number of hydrogen-bond acceptors (Lipinski definition) is 6. The molecule has 204 valence electrons. The highest BCUT2D eigenvalue weighted by molar-refractivity contribution is 5.51. The zero-order valence-electron chi connectivity index (χ0n) is 21.7. The van der Waals surface area contributed by atoms with Crippen LogP contribution in [-0.2, 0) is 18.7 Å². The van der Waals surface area contributed by atoms with Crippen molar-refractivity contribution < 1.29 is 13.9 Å². The molecule has 0 saturated heterocycles. The third-order valence-corrected chi connectivity index (χ3v) is 6.81. The van der Waals surface area contributed by atoms with E-state index in [9.17, 15) is 18.7 Å². The molecule has 0 fully saturated rings. The number of halogens is 2. The summed E-state index contributed by atoms with van der Waals surface area (Å²) in [6, 6.07) is 16.0. The SMILES string of the molecule is C[C@@H](C/C=C/c1ccc(-n2ncn(Cc3ccccn3)c2=O)cc1)[C@](O)(Cn1cncn1)c1ccc(F)cc1F. The Bertz CT molecular complexity index is 1650. The molecule has 3 aromatic heterocycles. The number of allylic oxidation sites excluding steroid dienone is 1. The molecule has 11 heteroatoms. The minimum Gasteiger partial charge on any atom is -0.383 e. The molecule has 0 saturated carbocycles. The van der Waals surface area contributed by atoms with Crippen molar-refractivity contribution >= 4 is 6.08 Å². The van der Waals surface area contributed by atoms with Gasteiger partial charge in [0.15, 0.2) is 0 Å². The van der Waals surface area contributed by atoms with Gasteiger partial charge in [-0.15, -0.1) is 0 Å². The van der Waals surface area contributed by atoms with Crippen LogP contribution >= 0.6 is 0 Å². The van der Waals surface area contributed by atoms with Gasteiger partial charge in [0.2, 0.25) is 0 Å². The first-order chi connectivity index (χ1) is 19.3. The van der Waals surface area contributed by atoms with Crippen LogP contribution in [0.1, 0.15) is 30.2 Å². The van der Waals surface area contributed by atoms with E-state index in [2.05, 4.69) is 20.2 Å². The molecule has 0 aliphatic rings. The number of benzene rings is 2. The first-order valence-corrected chi connectivity index (χ1v) is 12.6. The van der Waals surface area contributed by atoms with E-state index in [-0.39, 0.29) is 17.8 Å². The van der Waals surface area contributed by atoms with E-state index < -0.39 is 23.2 Å². The van der Waals surface area contributed by atoms with Gasteiger partial charge in [-0.1, -0.05) is 43.3 Å². The maximum atomic E-state index is 14.7. The molecule has 0 aliphatic heterocycles. The van der Waals surface area contributed by atoms with Gasteiger partial charge in [-0.2, -0.15) is 14.9 Å². The summed E-state index contributed by atoms with van der Waals surface area (Å²) in [5, 5.41) is 19.9. The van der Waals surface area contributed by atoms with E-state index in [1.54, 1.807) is 25.3 Å². The summed E-state index contributed by atoms with van der Waals surface area (Å²) in [5.74, 6) is -2.01. The minimum absolute atomic E-state index is 0.0115. The molecule has 2 atom stereocenters. The average Bonchev–Trinajstić information content (AvgIpc) is 3.59. The van der Waals surface area contributed by atoms with E-state index in [0.717, 1.165) is 23.4 Å². The summed E-state index contributed by atoms with van der Waals surface area (Å²) >= 11 is 0. The van der Waals surface area contributed by atoms with Gasteiger partial charge >= 0.3 is 5.69 Å². The molecule has 5 rings (SSSR count). The second kappa shape index (κ2) is 11.5. The van der Waals surface area contributed by atoms with E-state index in [1.165, 1.54) is 39.0 Å². The molecular weight excluding hydrogens is 516 g/mol. The standard InChI is InChI=1S/C29H27F2N7O2/c1-21(29(40,17-37-19-32-18-34-37)26-13-10-23(30)15-27(26)31)5-4-6-22-8-11-25(12-9-22)38-28(39)36(20-35-38)16-24-7-2-3-14-33-24/h2-4,6-15,18-21,40H,5,16-17H2,1H3/b6-4+/t21-,29+/m0/s1. The predicted octanol–water partition coefficient (Wildman–Crippen LogP) is 3.97. The second-order valence-corrected chi connectivity index (χ2v) is 9.55. The Morgan fingerprint density at radius 2 is 1.88 bits per heavy atom. The van der Waals surface area contributed by atoms with Crippen molar-refractivity contribution in [3.05, 3.63) is 131 Å². The molecule has 9 nitrogen and oxygen atoms in total. The number of nitrogens with zero attached hydrogens (tertiary/aromatic N) is 7. The maximum Gasteiger partial charge on any atom is 0.350 e. The Kier molecular flexibility index (Phi) is 7.74. The van der Waals surface area contributed by atoms with Gasteiger partial charge in [0.25, 0.3) is 0 Å². The lowest BCUT2D eigenvalue weighted by atomic mass is 9.80. The smallest absolute Gasteiger partial charge is 0.350 e. The van der Waals surface area contributed by atoms with Crippen molar-refractivity contribution in [2.24, 2.45) is 5.92 Å². The molecule has 2 aromatic carbocycles. The monoisotopic (exact) mass is 543 g/mol. The van der Waals surface area contributed by atoms with Crippen molar-refractivity contribution in [3.63, 3.8) is 0 Å². The Morgan fingerprint density at radius 1 is 1.05 bits per heavy atom. The van der Waals surface area contributed by atoms with E-state index >= 15 is 0 Å². The quantitative estimate of drug-likeness (QED) is 0.286. The summed E-state index contributed by atoms with van der Waals surface area (Å²) in [6.07, 6.45) is 10.1. The number of pyridine rings is 1. The lowest BCUT2D eigenvalue weighted by Crippen LogP contribution is -2.39. The number of rotatable bonds is 10. The normalized spacial score (nSPS) is 13.9. The van der Waals surface area contributed by atoms with Crippen LogP contribution in [-0.4, -0.2) is 39.2 Å². The number of aliphatic hydroxyl groups is 1. The Hall–Kier alpha value is -4.77. The lowest BCUT2D eigenvalue weighted by molar-refractivity contribution is -0.0379. The van der Waals surface area contributed by atoms with E-state index in [1.807, 2.05) is 42.5 Å². The third-order valence-electron chi connectivity index (χ3n) is 6.81. The highest BCUT2D eigenvalue weighted by Gasteiger charge is 2.38. The fourth-order valence-corrected chi connectivity index (χ4v) is 4.52. The van der Waals surface area contributed by atoms with Gasteiger partial charge < -0.3 is 5.11 Å². The van der Waals surface area contributed by atoms with Crippen molar-refractivity contribution in [1.82, 2.24) is 34.1 Å². The highest BCUT2D eigenvalue weighted by Crippen LogP contribution is 2.35. The zero-order chi connectivity index (χ0) is 28.1. The Labute approximate surface area is 228 Å². The molecule has 5 aromatic rings. The molecule has 0 spiro atoms. The molecule has 0 aliphatic carbocycles. The topological polar surface area (TPSA) is 104 Å². The van der Waals surface area contributed by atoms with Crippen LogP contribution in [0.15, 0.2) is 96.7 Å². The van der Waals surface area contributed by atoms with Gasteiger partial charge in [0, 0.05) is 17.8 Å². The summed E-state index contributed by atoms with van der Waals surface area (Å²) in [4.78, 5) is 21.0. The van der Waals surface area contributed by atoms with Crippen molar-refractivity contribution in [1.29, 1.82) is 0 Å². The summed E-state index contributed by atoms with van der Waals surface area (Å²) in [7, 11) is 0. The molecule has 0 radical (unpaired) electrons. The van der Waals surface area contributed by atoms with Crippen LogP contribution < -0.4 is 5.69 Å². The summed E-state index contributed by atoms with van der Waals surface area (Å²) in [6.45, 7) is 2.06. The number of hydrogen-bond donors (Lipinski definition) is 1. The second-order valence-electron chi connectivity index (χ2n) is 9.55. The molecule has 0 amide bonds. The fraction of sp³-hybridized carbons (Fsp3) is 0.207. The first-order valence-electron chi connectivity index (χ1n) is 12.6. The summed E-state index contributed by atoms with van der Waals surface area (Å²) < 4.78 is 32.5. The lowest BCUT2D eigenvalue weighted by Gasteiger charge is -2.34. The van der Waals surface area contributed by atoms with Crippen molar-refractivity contribution in [2.75, 3.05) is 0 Å². The molecular formula is C29H27F2N7O2. The highest BCUT2D eigenvalue weighted by atomic mass is 19.1. The largest absolute Gasteiger partial charge is 0.383 e. The van der Waals surface area contributed by atoms with Crippen LogP contribution in [0, 0.1) is 17.6 Å². The Balaban J connectivity index is 1.29. The molecule has 1 N–H and O–H groups in total. The van der Waals surface area contributed by atoms with Crippen LogP contribution in [0.4, 0.5) is 8.78 Å². The van der Waals surface area contributed by atoms with E-state index in [0.29, 0.717) is 18.7 Å². The molecule has 3 heterocycles. The van der Waals surface area contributed by atoms with Gasteiger partial charge in [-0.25, -0.2) is 23.2 Å². The molecule has 0 bridgehead atoms. The predicted molar refractivity (Wildman–Crippen MR) is 144 cm³/mol. The molecule has 0 unspecified atom stereocenters. The van der Waals surface area contributed by atoms with Crippen LogP contribution in [0.3, 0.4) is 0 Å². The van der Waals surface area contributed by atoms with Gasteiger partial charge in [0.1, 0.15) is 36.2 Å². The van der Waals surface area contributed by atoms with E-state index in [4.69, 9.17) is 0 Å². The van der Waals surface area contributed by atoms with Crippen molar-refractivity contribution in [2.45, 2.75) is 32.0 Å². The third kappa shape index (κ3) is 5.79. The first kappa shape index (κ1) is 26.8. The van der Waals surface area contributed by atoms with Gasteiger partial charge in [0.05, 0.1) is 24.5 Å². The maximum absolute atomic E-state index is 14.7. The van der Waals surface area contributed by atoms with Gasteiger partial charge in [-0.05, 0) is 48.2 Å². The Morgan fingerprint density at radius 3 is 2.58 bits per heavy atom. The molecule has 40 heavy (non-hydrogen) atoms. The van der Waals surface area contributed by atoms with Crippen molar-refractivity contribution in [3.8, 4) is 5.69 Å². The summed E-state index contributed by atoms with van der Waals surface area (Å²) in [5.41, 5.74) is 0.280. The minimum atomic E-state index is -1.67. The van der Waals surface area contributed by atoms with Crippen LogP contribution in [0.5, 0.6) is 0 Å². The van der Waals surface area contributed by atoms with Gasteiger partial charge in [-0.3, -0.25) is 9.55 Å². The zero-order valence-corrected chi connectivity index (χ0v) is 21.7. The average molecular weight is 544 g/mol. The fourth-order valence-electron chi connectivity index (χ4n) is 4.52. The number of aromatic nitrogens is 7. The van der Waals surface area contributed by atoms with Crippen LogP contribution in [0.25, 0.3) is 11.8 Å². The van der Waals surface area contributed by atoms with Crippen LogP contribution in [0.2, 0.25) is 0 Å².